The van der Waals surface area contributed by atoms with E-state index in [2.05, 4.69) is 6.58 Å². The third-order valence-corrected chi connectivity index (χ3v) is 4.30. The number of carbonyl (C=O) groups is 2. The SMILES string of the molecule is C=CC[C@@]1(C)CCCCN(C(=O)c2ccc(OC)cc2)C1=O. The minimum absolute atomic E-state index is 0.0919. The molecule has 0 N–H and O–H groups in total. The lowest BCUT2D eigenvalue weighted by atomic mass is 9.81. The third kappa shape index (κ3) is 3.21. The lowest BCUT2D eigenvalue weighted by Gasteiger charge is -2.30. The summed E-state index contributed by atoms with van der Waals surface area (Å²) in [5.74, 6) is 0.366. The molecule has 1 aliphatic rings. The Labute approximate surface area is 131 Å². The van der Waals surface area contributed by atoms with Crippen LogP contribution < -0.4 is 4.74 Å². The van der Waals surface area contributed by atoms with E-state index >= 15 is 0 Å². The van der Waals surface area contributed by atoms with E-state index in [0.717, 1.165) is 19.3 Å². The molecule has 0 radical (unpaired) electrons. The van der Waals surface area contributed by atoms with Crippen molar-refractivity contribution in [1.82, 2.24) is 4.90 Å². The Morgan fingerprint density at radius 3 is 2.64 bits per heavy atom. The van der Waals surface area contributed by atoms with Gasteiger partial charge in [0.1, 0.15) is 5.75 Å². The average molecular weight is 301 g/mol. The van der Waals surface area contributed by atoms with Crippen LogP contribution in [0, 0.1) is 5.41 Å². The predicted molar refractivity (Wildman–Crippen MR) is 85.8 cm³/mol. The second-order valence-electron chi connectivity index (χ2n) is 6.00. The number of amides is 2. The molecule has 0 spiro atoms. The summed E-state index contributed by atoms with van der Waals surface area (Å²) in [5.41, 5.74) is -0.0163. The van der Waals surface area contributed by atoms with Crippen molar-refractivity contribution in [3.8, 4) is 5.75 Å². The number of hydrogen-bond donors (Lipinski definition) is 0. The maximum Gasteiger partial charge on any atom is 0.260 e. The minimum Gasteiger partial charge on any atom is -0.497 e. The summed E-state index contributed by atoms with van der Waals surface area (Å²) in [4.78, 5) is 26.9. The summed E-state index contributed by atoms with van der Waals surface area (Å²) in [6, 6.07) is 6.87. The first-order valence-corrected chi connectivity index (χ1v) is 7.63. The van der Waals surface area contributed by atoms with Crippen LogP contribution >= 0.6 is 0 Å². The van der Waals surface area contributed by atoms with E-state index in [1.807, 2.05) is 6.92 Å². The number of nitrogens with zero attached hydrogens (tertiary/aromatic N) is 1. The highest BCUT2D eigenvalue weighted by Crippen LogP contribution is 2.34. The van der Waals surface area contributed by atoms with E-state index in [1.54, 1.807) is 37.5 Å². The number of hydrogen-bond acceptors (Lipinski definition) is 3. The van der Waals surface area contributed by atoms with Gasteiger partial charge >= 0.3 is 0 Å². The van der Waals surface area contributed by atoms with Crippen LogP contribution in [0.4, 0.5) is 0 Å². The zero-order chi connectivity index (χ0) is 16.2. The Balaban J connectivity index is 2.26. The van der Waals surface area contributed by atoms with E-state index in [4.69, 9.17) is 4.74 Å². The molecular formula is C18H23NO3. The van der Waals surface area contributed by atoms with Crippen LogP contribution in [-0.2, 0) is 4.79 Å². The van der Waals surface area contributed by atoms with Crippen LogP contribution in [0.1, 0.15) is 43.0 Å². The molecule has 2 amide bonds. The first-order valence-electron chi connectivity index (χ1n) is 7.63. The van der Waals surface area contributed by atoms with Crippen LogP contribution in [0.25, 0.3) is 0 Å². The van der Waals surface area contributed by atoms with Crippen molar-refractivity contribution in [3.63, 3.8) is 0 Å². The van der Waals surface area contributed by atoms with Gasteiger partial charge in [0.2, 0.25) is 5.91 Å². The van der Waals surface area contributed by atoms with E-state index in [-0.39, 0.29) is 11.8 Å². The Morgan fingerprint density at radius 2 is 2.05 bits per heavy atom. The molecule has 1 saturated heterocycles. The average Bonchev–Trinajstić information content (AvgIpc) is 2.67. The molecular weight excluding hydrogens is 278 g/mol. The minimum atomic E-state index is -0.527. The molecule has 0 aliphatic carbocycles. The van der Waals surface area contributed by atoms with E-state index < -0.39 is 5.41 Å². The molecule has 4 nitrogen and oxygen atoms in total. The predicted octanol–water partition coefficient (Wildman–Crippen LogP) is 3.43. The quantitative estimate of drug-likeness (QED) is 0.632. The molecule has 2 rings (SSSR count). The molecule has 0 saturated carbocycles. The first-order chi connectivity index (χ1) is 10.5. The van der Waals surface area contributed by atoms with Gasteiger partial charge in [0.25, 0.3) is 5.91 Å². The number of allylic oxidation sites excluding steroid dienone is 1. The number of imide groups is 1. The lowest BCUT2D eigenvalue weighted by molar-refractivity contribution is -0.137. The van der Waals surface area contributed by atoms with Crippen molar-refractivity contribution in [2.75, 3.05) is 13.7 Å². The van der Waals surface area contributed by atoms with Crippen molar-refractivity contribution in [2.24, 2.45) is 5.41 Å². The maximum absolute atomic E-state index is 12.8. The molecule has 1 fully saturated rings. The Kier molecular flexibility index (Phi) is 5.01. The zero-order valence-electron chi connectivity index (χ0n) is 13.3. The van der Waals surface area contributed by atoms with Crippen molar-refractivity contribution in [2.45, 2.75) is 32.6 Å². The van der Waals surface area contributed by atoms with Gasteiger partial charge in [-0.15, -0.1) is 6.58 Å². The van der Waals surface area contributed by atoms with E-state index in [1.165, 1.54) is 4.90 Å². The van der Waals surface area contributed by atoms with E-state index in [9.17, 15) is 9.59 Å². The second-order valence-corrected chi connectivity index (χ2v) is 6.00. The van der Waals surface area contributed by atoms with Crippen LogP contribution in [0.5, 0.6) is 5.75 Å². The number of rotatable bonds is 4. The second kappa shape index (κ2) is 6.77. The van der Waals surface area contributed by atoms with Crippen molar-refractivity contribution >= 4 is 11.8 Å². The monoisotopic (exact) mass is 301 g/mol. The summed E-state index contributed by atoms with van der Waals surface area (Å²) >= 11 is 0. The Morgan fingerprint density at radius 1 is 1.36 bits per heavy atom. The van der Waals surface area contributed by atoms with Crippen LogP contribution in [-0.4, -0.2) is 30.4 Å². The molecule has 1 aliphatic heterocycles. The third-order valence-electron chi connectivity index (χ3n) is 4.30. The van der Waals surface area contributed by atoms with Gasteiger partial charge in [-0.05, 0) is 43.5 Å². The standard InChI is InChI=1S/C18H23NO3/c1-4-11-18(2)12-5-6-13-19(17(18)21)16(20)14-7-9-15(22-3)10-8-14/h4,7-10H,1,5-6,11-13H2,2-3H3/t18-/m0/s1. The van der Waals surface area contributed by atoms with Gasteiger partial charge in [-0.3, -0.25) is 14.5 Å². The van der Waals surface area contributed by atoms with Gasteiger partial charge in [-0.1, -0.05) is 19.4 Å². The summed E-state index contributed by atoms with van der Waals surface area (Å²) in [6.07, 6.45) is 4.95. The molecule has 118 valence electrons. The lowest BCUT2D eigenvalue weighted by Crippen LogP contribution is -2.44. The van der Waals surface area contributed by atoms with Crippen LogP contribution in [0.3, 0.4) is 0 Å². The fraction of sp³-hybridized carbons (Fsp3) is 0.444. The fourth-order valence-corrected chi connectivity index (χ4v) is 2.91. The Bertz CT molecular complexity index is 564. The molecule has 22 heavy (non-hydrogen) atoms. The Hall–Kier alpha value is -2.10. The summed E-state index contributed by atoms with van der Waals surface area (Å²) in [7, 11) is 1.58. The summed E-state index contributed by atoms with van der Waals surface area (Å²) < 4.78 is 5.10. The smallest absolute Gasteiger partial charge is 0.260 e. The highest BCUT2D eigenvalue weighted by Gasteiger charge is 2.39. The number of carbonyl (C=O) groups excluding carboxylic acids is 2. The maximum atomic E-state index is 12.8. The molecule has 1 heterocycles. The van der Waals surface area contributed by atoms with Crippen LogP contribution in [0.2, 0.25) is 0 Å². The van der Waals surface area contributed by atoms with Gasteiger partial charge in [0.15, 0.2) is 0 Å². The number of benzene rings is 1. The van der Waals surface area contributed by atoms with Crippen molar-refractivity contribution < 1.29 is 14.3 Å². The van der Waals surface area contributed by atoms with E-state index in [0.29, 0.717) is 24.3 Å². The van der Waals surface area contributed by atoms with Gasteiger partial charge < -0.3 is 4.74 Å². The molecule has 1 aromatic rings. The van der Waals surface area contributed by atoms with Gasteiger partial charge in [0.05, 0.1) is 12.5 Å². The number of likely N-dealkylation sites (tertiary alicyclic amines) is 1. The van der Waals surface area contributed by atoms with Crippen LogP contribution in [0.15, 0.2) is 36.9 Å². The first kappa shape index (κ1) is 16.3. The number of methoxy groups -OCH3 is 1. The molecule has 1 aromatic carbocycles. The van der Waals surface area contributed by atoms with Crippen molar-refractivity contribution in [1.29, 1.82) is 0 Å². The van der Waals surface area contributed by atoms with Crippen molar-refractivity contribution in [3.05, 3.63) is 42.5 Å². The largest absolute Gasteiger partial charge is 0.497 e. The van der Waals surface area contributed by atoms with Gasteiger partial charge in [0, 0.05) is 12.1 Å². The summed E-state index contributed by atoms with van der Waals surface area (Å²) in [6.45, 7) is 6.15. The molecule has 1 atom stereocenters. The van der Waals surface area contributed by atoms with Gasteiger partial charge in [-0.2, -0.15) is 0 Å². The highest BCUT2D eigenvalue weighted by atomic mass is 16.5. The number of ether oxygens (including phenoxy) is 1. The fourth-order valence-electron chi connectivity index (χ4n) is 2.91. The molecule has 0 unspecified atom stereocenters. The van der Waals surface area contributed by atoms with Gasteiger partial charge in [-0.25, -0.2) is 0 Å². The molecule has 0 aromatic heterocycles. The molecule has 4 heteroatoms. The topological polar surface area (TPSA) is 46.6 Å². The summed E-state index contributed by atoms with van der Waals surface area (Å²) in [5, 5.41) is 0. The normalized spacial score (nSPS) is 22.1. The highest BCUT2D eigenvalue weighted by molar-refractivity contribution is 6.06. The molecule has 0 bridgehead atoms. The zero-order valence-corrected chi connectivity index (χ0v) is 13.3.